The van der Waals surface area contributed by atoms with Gasteiger partial charge in [0.1, 0.15) is 17.6 Å². The van der Waals surface area contributed by atoms with Crippen molar-refractivity contribution in [1.29, 1.82) is 0 Å². The molecule has 1 aromatic carbocycles. The maximum absolute atomic E-state index is 6.06. The number of rotatable bonds is 5. The van der Waals surface area contributed by atoms with Gasteiger partial charge in [-0.2, -0.15) is 0 Å². The van der Waals surface area contributed by atoms with E-state index in [1.165, 1.54) is 12.8 Å². The third-order valence-corrected chi connectivity index (χ3v) is 4.12. The van der Waals surface area contributed by atoms with Crippen LogP contribution < -0.4 is 14.8 Å². The Bertz CT molecular complexity index is 607. The molecule has 1 unspecified atom stereocenters. The highest BCUT2D eigenvalue weighted by Crippen LogP contribution is 2.25. The number of aromatic nitrogens is 1. The summed E-state index contributed by atoms with van der Waals surface area (Å²) in [5.74, 6) is 1.67. The Balaban J connectivity index is 1.73. The lowest BCUT2D eigenvalue weighted by atomic mass is 10.1. The quantitative estimate of drug-likeness (QED) is 0.920. The van der Waals surface area contributed by atoms with E-state index in [0.29, 0.717) is 6.04 Å². The molecule has 22 heavy (non-hydrogen) atoms. The number of benzene rings is 1. The Morgan fingerprint density at radius 1 is 1.14 bits per heavy atom. The molecule has 0 radical (unpaired) electrons. The first kappa shape index (κ1) is 14.9. The topological polar surface area (TPSA) is 43.4 Å². The van der Waals surface area contributed by atoms with Crippen molar-refractivity contribution >= 4 is 0 Å². The first-order valence-corrected chi connectivity index (χ1v) is 7.76. The van der Waals surface area contributed by atoms with Crippen LogP contribution in [0.25, 0.3) is 11.1 Å². The zero-order valence-electron chi connectivity index (χ0n) is 13.1. The van der Waals surface area contributed by atoms with Crippen LogP contribution in [0.4, 0.5) is 0 Å². The molecule has 1 saturated heterocycles. The molecule has 1 fully saturated rings. The van der Waals surface area contributed by atoms with Crippen LogP contribution in [-0.2, 0) is 0 Å². The third kappa shape index (κ3) is 3.39. The summed E-state index contributed by atoms with van der Waals surface area (Å²) in [5.41, 5.74) is 2.15. The molecule has 1 aliphatic rings. The summed E-state index contributed by atoms with van der Waals surface area (Å²) in [4.78, 5) is 4.31. The number of ether oxygens (including phenoxy) is 2. The minimum absolute atomic E-state index is 0.149. The first-order valence-electron chi connectivity index (χ1n) is 7.76. The molecule has 116 valence electrons. The van der Waals surface area contributed by atoms with Gasteiger partial charge in [0.25, 0.3) is 0 Å². The number of methoxy groups -OCH3 is 1. The van der Waals surface area contributed by atoms with Crippen LogP contribution in [0.3, 0.4) is 0 Å². The van der Waals surface area contributed by atoms with Crippen molar-refractivity contribution in [2.45, 2.75) is 31.9 Å². The highest BCUT2D eigenvalue weighted by atomic mass is 16.5. The summed E-state index contributed by atoms with van der Waals surface area (Å²) in [6.45, 7) is 3.20. The van der Waals surface area contributed by atoms with Gasteiger partial charge >= 0.3 is 0 Å². The van der Waals surface area contributed by atoms with Crippen LogP contribution in [0, 0.1) is 0 Å². The van der Waals surface area contributed by atoms with Gasteiger partial charge in [0, 0.05) is 17.8 Å². The van der Waals surface area contributed by atoms with Gasteiger partial charge in [-0.3, -0.25) is 4.98 Å². The SMILES string of the molecule is COc1ccc(-c2cncc(OC(C)[C@@H]3CCCN3)c2)cc1. The van der Waals surface area contributed by atoms with E-state index in [4.69, 9.17) is 9.47 Å². The molecule has 4 nitrogen and oxygen atoms in total. The van der Waals surface area contributed by atoms with Crippen LogP contribution in [0.5, 0.6) is 11.5 Å². The number of pyridine rings is 1. The summed E-state index contributed by atoms with van der Waals surface area (Å²) in [6.07, 6.45) is 6.18. The largest absolute Gasteiger partial charge is 0.497 e. The predicted octanol–water partition coefficient (Wildman–Crippen LogP) is 3.28. The van der Waals surface area contributed by atoms with E-state index in [-0.39, 0.29) is 6.10 Å². The molecule has 1 aromatic heterocycles. The number of hydrogen-bond donors (Lipinski definition) is 1. The lowest BCUT2D eigenvalue weighted by molar-refractivity contribution is 0.179. The number of hydrogen-bond acceptors (Lipinski definition) is 4. The summed E-state index contributed by atoms with van der Waals surface area (Å²) in [5, 5.41) is 3.48. The van der Waals surface area contributed by atoms with Crippen molar-refractivity contribution in [3.8, 4) is 22.6 Å². The Hall–Kier alpha value is -2.07. The molecule has 0 spiro atoms. The highest BCUT2D eigenvalue weighted by Gasteiger charge is 2.22. The Labute approximate surface area is 131 Å². The average Bonchev–Trinajstić information content (AvgIpc) is 3.10. The summed E-state index contributed by atoms with van der Waals surface area (Å²) in [7, 11) is 1.67. The molecule has 0 amide bonds. The molecule has 0 saturated carbocycles. The van der Waals surface area contributed by atoms with E-state index in [1.807, 2.05) is 36.5 Å². The highest BCUT2D eigenvalue weighted by molar-refractivity contribution is 5.64. The second kappa shape index (κ2) is 6.79. The van der Waals surface area contributed by atoms with Crippen LogP contribution in [0.2, 0.25) is 0 Å². The lowest BCUT2D eigenvalue weighted by Crippen LogP contribution is -2.36. The molecule has 2 atom stereocenters. The molecule has 3 rings (SSSR count). The maximum Gasteiger partial charge on any atom is 0.138 e. The fourth-order valence-electron chi connectivity index (χ4n) is 2.83. The molecule has 1 N–H and O–H groups in total. The first-order chi connectivity index (χ1) is 10.8. The van der Waals surface area contributed by atoms with Crippen molar-refractivity contribution in [2.24, 2.45) is 0 Å². The van der Waals surface area contributed by atoms with Crippen molar-refractivity contribution in [3.63, 3.8) is 0 Å². The normalized spacial score (nSPS) is 18.9. The second-order valence-corrected chi connectivity index (χ2v) is 5.66. The van der Waals surface area contributed by atoms with Gasteiger partial charge in [0.2, 0.25) is 0 Å². The van der Waals surface area contributed by atoms with E-state index in [0.717, 1.165) is 29.2 Å². The van der Waals surface area contributed by atoms with Crippen LogP contribution in [0.1, 0.15) is 19.8 Å². The van der Waals surface area contributed by atoms with Gasteiger partial charge in [0.05, 0.1) is 13.3 Å². The van der Waals surface area contributed by atoms with Crippen molar-refractivity contribution in [1.82, 2.24) is 10.3 Å². The molecule has 0 bridgehead atoms. The standard InChI is InChI=1S/C18H22N2O2/c1-13(18-4-3-9-20-18)22-17-10-15(11-19-12-17)14-5-7-16(21-2)8-6-14/h5-8,10-13,18,20H,3-4,9H2,1-2H3/t13?,18-/m0/s1. The second-order valence-electron chi connectivity index (χ2n) is 5.66. The van der Waals surface area contributed by atoms with Crippen molar-refractivity contribution in [3.05, 3.63) is 42.7 Å². The monoisotopic (exact) mass is 298 g/mol. The minimum atomic E-state index is 0.149. The van der Waals surface area contributed by atoms with Gasteiger partial charge < -0.3 is 14.8 Å². The third-order valence-electron chi connectivity index (χ3n) is 4.12. The van der Waals surface area contributed by atoms with Gasteiger partial charge in [-0.05, 0) is 50.1 Å². The lowest BCUT2D eigenvalue weighted by Gasteiger charge is -2.21. The molecular weight excluding hydrogens is 276 g/mol. The minimum Gasteiger partial charge on any atom is -0.497 e. The fraction of sp³-hybridized carbons (Fsp3) is 0.389. The zero-order valence-corrected chi connectivity index (χ0v) is 13.1. The number of nitrogens with one attached hydrogen (secondary N) is 1. The van der Waals surface area contributed by atoms with Crippen LogP contribution >= 0.6 is 0 Å². The fourth-order valence-corrected chi connectivity index (χ4v) is 2.83. The maximum atomic E-state index is 6.06. The van der Waals surface area contributed by atoms with Crippen molar-refractivity contribution < 1.29 is 9.47 Å². The van der Waals surface area contributed by atoms with E-state index in [1.54, 1.807) is 13.3 Å². The zero-order chi connectivity index (χ0) is 15.4. The van der Waals surface area contributed by atoms with Gasteiger partial charge in [0.15, 0.2) is 0 Å². The Morgan fingerprint density at radius 2 is 1.95 bits per heavy atom. The van der Waals surface area contributed by atoms with E-state index in [2.05, 4.69) is 17.2 Å². The summed E-state index contributed by atoms with van der Waals surface area (Å²) >= 11 is 0. The summed E-state index contributed by atoms with van der Waals surface area (Å²) < 4.78 is 11.2. The predicted molar refractivity (Wildman–Crippen MR) is 87.3 cm³/mol. The number of nitrogens with zero attached hydrogens (tertiary/aromatic N) is 1. The Morgan fingerprint density at radius 3 is 2.64 bits per heavy atom. The molecule has 4 heteroatoms. The molecule has 0 aliphatic carbocycles. The molecule has 2 aromatic rings. The summed E-state index contributed by atoms with van der Waals surface area (Å²) in [6, 6.07) is 10.4. The van der Waals surface area contributed by atoms with Crippen molar-refractivity contribution in [2.75, 3.05) is 13.7 Å². The molecule has 2 heterocycles. The van der Waals surface area contributed by atoms with Gasteiger partial charge in [-0.1, -0.05) is 12.1 Å². The van der Waals surface area contributed by atoms with E-state index >= 15 is 0 Å². The van der Waals surface area contributed by atoms with E-state index in [9.17, 15) is 0 Å². The van der Waals surface area contributed by atoms with Gasteiger partial charge in [-0.25, -0.2) is 0 Å². The van der Waals surface area contributed by atoms with Crippen LogP contribution in [-0.4, -0.2) is 30.8 Å². The Kier molecular flexibility index (Phi) is 4.59. The van der Waals surface area contributed by atoms with Gasteiger partial charge in [-0.15, -0.1) is 0 Å². The smallest absolute Gasteiger partial charge is 0.138 e. The molecule has 1 aliphatic heterocycles. The van der Waals surface area contributed by atoms with E-state index < -0.39 is 0 Å². The molecular formula is C18H22N2O2. The van der Waals surface area contributed by atoms with Crippen LogP contribution in [0.15, 0.2) is 42.7 Å². The average molecular weight is 298 g/mol.